The van der Waals surface area contributed by atoms with Gasteiger partial charge in [-0.3, -0.25) is 9.69 Å². The van der Waals surface area contributed by atoms with Gasteiger partial charge in [-0.2, -0.15) is 0 Å². The van der Waals surface area contributed by atoms with Gasteiger partial charge in [0.05, 0.1) is 24.9 Å². The van der Waals surface area contributed by atoms with E-state index >= 15 is 0 Å². The highest BCUT2D eigenvalue weighted by Gasteiger charge is 2.45. The third-order valence-electron chi connectivity index (χ3n) is 6.76. The number of amides is 2. The van der Waals surface area contributed by atoms with Gasteiger partial charge in [0.15, 0.2) is 6.04 Å². The molecule has 2 aromatic rings. The van der Waals surface area contributed by atoms with Crippen LogP contribution in [0.2, 0.25) is 0 Å². The number of nitrogens with zero attached hydrogens (tertiary/aromatic N) is 2. The number of carbonyl (C=O) groups excluding carboxylic acids is 2. The predicted molar refractivity (Wildman–Crippen MR) is 136 cm³/mol. The summed E-state index contributed by atoms with van der Waals surface area (Å²) in [6.45, 7) is 5.01. The minimum Gasteiger partial charge on any atom is -0.480 e. The lowest BCUT2D eigenvalue weighted by Crippen LogP contribution is -2.52. The first-order valence-corrected chi connectivity index (χ1v) is 12.3. The van der Waals surface area contributed by atoms with Gasteiger partial charge in [0, 0.05) is 19.4 Å². The maximum Gasteiger partial charge on any atom is 0.410 e. The summed E-state index contributed by atoms with van der Waals surface area (Å²) in [4.78, 5) is 40.1. The highest BCUT2D eigenvalue weighted by Crippen LogP contribution is 2.44. The zero-order chi connectivity index (χ0) is 26.9. The summed E-state index contributed by atoms with van der Waals surface area (Å²) < 4.78 is 11.8. The molecule has 9 nitrogen and oxygen atoms in total. The summed E-state index contributed by atoms with van der Waals surface area (Å²) in [6.07, 6.45) is -0.992. The Morgan fingerprint density at radius 1 is 1.08 bits per heavy atom. The van der Waals surface area contributed by atoms with Gasteiger partial charge in [0.1, 0.15) is 12.6 Å². The van der Waals surface area contributed by atoms with Crippen LogP contribution in [0.15, 0.2) is 48.5 Å². The molecule has 0 bridgehead atoms. The van der Waals surface area contributed by atoms with Crippen molar-refractivity contribution in [1.29, 1.82) is 0 Å². The normalized spacial score (nSPS) is 19.8. The molecule has 1 aliphatic heterocycles. The van der Waals surface area contributed by atoms with Crippen molar-refractivity contribution in [2.75, 3.05) is 19.8 Å². The number of rotatable bonds is 7. The molecule has 9 heteroatoms. The number of likely N-dealkylation sites (tertiary alicyclic amines) is 1. The summed E-state index contributed by atoms with van der Waals surface area (Å²) >= 11 is 0. The SMILES string of the molecule is [CH2]N(C(=O)[C@@H]1CC(OC(C)(C)C)CN1C(=O)OCC1c2ccccc2-c2ccccc21)[C@@H](CO)C(=O)O. The van der Waals surface area contributed by atoms with Crippen LogP contribution in [0.1, 0.15) is 44.2 Å². The predicted octanol–water partition coefficient (Wildman–Crippen LogP) is 3.26. The fraction of sp³-hybridized carbons (Fsp3) is 0.429. The van der Waals surface area contributed by atoms with Gasteiger partial charge in [0.2, 0.25) is 5.91 Å². The molecule has 2 aliphatic rings. The van der Waals surface area contributed by atoms with Crippen molar-refractivity contribution in [3.63, 3.8) is 0 Å². The van der Waals surface area contributed by atoms with Crippen LogP contribution in [0.5, 0.6) is 0 Å². The highest BCUT2D eigenvalue weighted by atomic mass is 16.6. The summed E-state index contributed by atoms with van der Waals surface area (Å²) in [7, 11) is 3.55. The van der Waals surface area contributed by atoms with Crippen molar-refractivity contribution in [2.45, 2.75) is 56.9 Å². The number of hydrogen-bond acceptors (Lipinski definition) is 6. The molecule has 1 unspecified atom stereocenters. The number of hydrogen-bond donors (Lipinski definition) is 2. The van der Waals surface area contributed by atoms with E-state index in [0.29, 0.717) is 0 Å². The molecule has 2 amide bonds. The fourth-order valence-electron chi connectivity index (χ4n) is 5.15. The van der Waals surface area contributed by atoms with Crippen molar-refractivity contribution in [1.82, 2.24) is 9.80 Å². The van der Waals surface area contributed by atoms with Gasteiger partial charge < -0.3 is 24.6 Å². The van der Waals surface area contributed by atoms with Crippen LogP contribution in [0.25, 0.3) is 11.1 Å². The lowest BCUT2D eigenvalue weighted by molar-refractivity contribution is -0.151. The molecule has 37 heavy (non-hydrogen) atoms. The van der Waals surface area contributed by atoms with Crippen molar-refractivity contribution >= 4 is 18.0 Å². The Morgan fingerprint density at radius 2 is 1.65 bits per heavy atom. The summed E-state index contributed by atoms with van der Waals surface area (Å²) in [6, 6.07) is 13.4. The van der Waals surface area contributed by atoms with Gasteiger partial charge in [0.25, 0.3) is 0 Å². The maximum absolute atomic E-state index is 13.3. The molecule has 197 valence electrons. The largest absolute Gasteiger partial charge is 0.480 e. The summed E-state index contributed by atoms with van der Waals surface area (Å²) in [5, 5.41) is 18.8. The molecule has 1 heterocycles. The monoisotopic (exact) mass is 509 g/mol. The molecule has 0 spiro atoms. The van der Waals surface area contributed by atoms with Crippen LogP contribution >= 0.6 is 0 Å². The minimum atomic E-state index is -1.53. The van der Waals surface area contributed by atoms with Gasteiger partial charge in [-0.1, -0.05) is 48.5 Å². The summed E-state index contributed by atoms with van der Waals surface area (Å²) in [5.41, 5.74) is 3.81. The molecule has 2 N–H and O–H groups in total. The third kappa shape index (κ3) is 5.47. The van der Waals surface area contributed by atoms with Gasteiger partial charge in [-0.25, -0.2) is 9.59 Å². The zero-order valence-corrected chi connectivity index (χ0v) is 21.3. The van der Waals surface area contributed by atoms with Crippen LogP contribution in [0.4, 0.5) is 4.79 Å². The number of aliphatic carboxylic acids is 1. The minimum absolute atomic E-state index is 0.0809. The molecule has 2 aromatic carbocycles. The quantitative estimate of drug-likeness (QED) is 0.588. The summed E-state index contributed by atoms with van der Waals surface area (Å²) in [5.74, 6) is -2.24. The van der Waals surface area contributed by atoms with E-state index in [-0.39, 0.29) is 25.5 Å². The molecule has 4 rings (SSSR count). The van der Waals surface area contributed by atoms with E-state index in [4.69, 9.17) is 9.47 Å². The fourth-order valence-corrected chi connectivity index (χ4v) is 5.15. The Bertz CT molecular complexity index is 1130. The lowest BCUT2D eigenvalue weighted by Gasteiger charge is -2.30. The molecule has 0 saturated carbocycles. The molecule has 0 aromatic heterocycles. The lowest BCUT2D eigenvalue weighted by atomic mass is 9.98. The van der Waals surface area contributed by atoms with Crippen molar-refractivity contribution < 1.29 is 34.1 Å². The molecule has 3 atom stereocenters. The standard InChI is InChI=1S/C28H33N2O7/c1-28(2,3)37-17-13-23(25(32)29(4)24(15-31)26(33)34)30(14-17)27(35)36-16-22-20-11-7-5-9-18(20)19-10-6-8-12-21(19)22/h5-12,17,22-24,31H,4,13-16H2,1-3H3,(H,33,34)/t17?,23-,24-/m0/s1. The van der Waals surface area contributed by atoms with Gasteiger partial charge in [-0.15, -0.1) is 0 Å². The van der Waals surface area contributed by atoms with E-state index in [1.807, 2.05) is 69.3 Å². The Hall–Kier alpha value is -3.43. The Kier molecular flexibility index (Phi) is 7.57. The first kappa shape index (κ1) is 26.6. The van der Waals surface area contributed by atoms with Crippen LogP contribution in [0, 0.1) is 7.05 Å². The number of aliphatic hydroxyl groups is 1. The smallest absolute Gasteiger partial charge is 0.410 e. The molecule has 1 aliphatic carbocycles. The van der Waals surface area contributed by atoms with Crippen molar-refractivity contribution in [3.8, 4) is 11.1 Å². The van der Waals surface area contributed by atoms with E-state index in [1.54, 1.807) is 0 Å². The molecular formula is C28H33N2O7. The number of carbonyl (C=O) groups is 3. The van der Waals surface area contributed by atoms with E-state index in [0.717, 1.165) is 27.2 Å². The average molecular weight is 510 g/mol. The number of ether oxygens (including phenoxy) is 2. The highest BCUT2D eigenvalue weighted by molar-refractivity contribution is 5.90. The number of fused-ring (bicyclic) bond motifs is 3. The zero-order valence-electron chi connectivity index (χ0n) is 21.3. The van der Waals surface area contributed by atoms with Crippen LogP contribution in [0.3, 0.4) is 0 Å². The van der Waals surface area contributed by atoms with Crippen LogP contribution in [-0.2, 0) is 19.1 Å². The number of benzene rings is 2. The second-order valence-electron chi connectivity index (χ2n) is 10.4. The molecule has 1 fully saturated rings. The van der Waals surface area contributed by atoms with Gasteiger partial charge >= 0.3 is 12.1 Å². The Labute approximate surface area is 216 Å². The van der Waals surface area contributed by atoms with E-state index in [1.165, 1.54) is 4.90 Å². The number of aliphatic hydroxyl groups excluding tert-OH is 1. The van der Waals surface area contributed by atoms with Crippen molar-refractivity contribution in [2.24, 2.45) is 0 Å². The second-order valence-corrected chi connectivity index (χ2v) is 10.4. The second kappa shape index (κ2) is 10.5. The van der Waals surface area contributed by atoms with Crippen LogP contribution in [-0.4, -0.2) is 81.5 Å². The first-order valence-electron chi connectivity index (χ1n) is 12.3. The first-order chi connectivity index (χ1) is 17.5. The van der Waals surface area contributed by atoms with E-state index in [2.05, 4.69) is 7.05 Å². The van der Waals surface area contributed by atoms with Gasteiger partial charge in [-0.05, 0) is 43.0 Å². The van der Waals surface area contributed by atoms with E-state index < -0.39 is 48.4 Å². The maximum atomic E-state index is 13.3. The Balaban J connectivity index is 1.53. The van der Waals surface area contributed by atoms with Crippen molar-refractivity contribution in [3.05, 3.63) is 66.7 Å². The topological polar surface area (TPSA) is 117 Å². The van der Waals surface area contributed by atoms with E-state index in [9.17, 15) is 24.6 Å². The third-order valence-corrected chi connectivity index (χ3v) is 6.76. The Morgan fingerprint density at radius 3 is 2.16 bits per heavy atom. The molecule has 1 saturated heterocycles. The number of carboxylic acid groups (broad SMARTS) is 1. The molecule has 1 radical (unpaired) electrons. The van der Waals surface area contributed by atoms with Crippen LogP contribution < -0.4 is 0 Å². The number of carboxylic acids is 1. The average Bonchev–Trinajstić information content (AvgIpc) is 3.40. The molecular weight excluding hydrogens is 476 g/mol.